The third-order valence-corrected chi connectivity index (χ3v) is 2.93. The highest BCUT2D eigenvalue weighted by Crippen LogP contribution is 2.20. The van der Waals surface area contributed by atoms with Crippen molar-refractivity contribution in [3.8, 4) is 0 Å². The molecule has 1 rings (SSSR count). The van der Waals surface area contributed by atoms with Crippen molar-refractivity contribution in [1.82, 2.24) is 5.32 Å². The van der Waals surface area contributed by atoms with Crippen LogP contribution >= 0.6 is 0 Å². The van der Waals surface area contributed by atoms with Gasteiger partial charge in [0.2, 0.25) is 0 Å². The van der Waals surface area contributed by atoms with Gasteiger partial charge in [0, 0.05) is 12.6 Å². The Morgan fingerprint density at radius 3 is 2.69 bits per heavy atom. The van der Waals surface area contributed by atoms with Gasteiger partial charge in [-0.3, -0.25) is 0 Å². The Morgan fingerprint density at radius 2 is 2.08 bits per heavy atom. The molecule has 0 bridgehead atoms. The van der Waals surface area contributed by atoms with Crippen LogP contribution in [0.2, 0.25) is 0 Å². The molecule has 0 aromatic rings. The summed E-state index contributed by atoms with van der Waals surface area (Å²) >= 11 is 0. The minimum Gasteiger partial charge on any atom is -0.378 e. The fraction of sp³-hybridized carbons (Fsp3) is 1.00. The lowest BCUT2D eigenvalue weighted by atomic mass is 10.2. The number of rotatable bonds is 6. The summed E-state index contributed by atoms with van der Waals surface area (Å²) in [7, 11) is 2.02. The lowest BCUT2D eigenvalue weighted by molar-refractivity contribution is 0.0550. The van der Waals surface area contributed by atoms with Gasteiger partial charge in [-0.2, -0.15) is 0 Å². The lowest BCUT2D eigenvalue weighted by Crippen LogP contribution is -2.21. The van der Waals surface area contributed by atoms with Crippen LogP contribution in [0.5, 0.6) is 0 Å². The molecule has 2 nitrogen and oxygen atoms in total. The molecule has 1 aliphatic carbocycles. The molecule has 0 aromatic carbocycles. The van der Waals surface area contributed by atoms with Crippen molar-refractivity contribution < 1.29 is 4.74 Å². The van der Waals surface area contributed by atoms with Gasteiger partial charge < -0.3 is 10.1 Å². The van der Waals surface area contributed by atoms with Crippen molar-refractivity contribution in [3.63, 3.8) is 0 Å². The van der Waals surface area contributed by atoms with Gasteiger partial charge >= 0.3 is 0 Å². The molecule has 0 aliphatic heterocycles. The first kappa shape index (κ1) is 11.0. The number of hydrogen-bond acceptors (Lipinski definition) is 2. The van der Waals surface area contributed by atoms with Gasteiger partial charge in [-0.25, -0.2) is 0 Å². The average molecular weight is 185 g/mol. The van der Waals surface area contributed by atoms with E-state index in [-0.39, 0.29) is 0 Å². The normalized spacial score (nSPS) is 20.8. The van der Waals surface area contributed by atoms with Crippen LogP contribution in [0.25, 0.3) is 0 Å². The predicted octanol–water partition coefficient (Wildman–Crippen LogP) is 2.33. The fourth-order valence-electron chi connectivity index (χ4n) is 1.84. The van der Waals surface area contributed by atoms with E-state index in [4.69, 9.17) is 4.74 Å². The van der Waals surface area contributed by atoms with E-state index in [0.29, 0.717) is 12.1 Å². The zero-order valence-corrected chi connectivity index (χ0v) is 9.01. The van der Waals surface area contributed by atoms with E-state index in [9.17, 15) is 0 Å². The molecular formula is C11H23NO. The summed E-state index contributed by atoms with van der Waals surface area (Å²) in [4.78, 5) is 0. The maximum Gasteiger partial charge on any atom is 0.0575 e. The summed E-state index contributed by atoms with van der Waals surface area (Å²) in [5, 5.41) is 3.24. The Morgan fingerprint density at radius 1 is 1.38 bits per heavy atom. The molecular weight excluding hydrogens is 162 g/mol. The number of ether oxygens (including phenoxy) is 1. The van der Waals surface area contributed by atoms with Crippen LogP contribution in [-0.2, 0) is 4.74 Å². The molecule has 1 saturated carbocycles. The molecule has 1 fully saturated rings. The molecule has 0 heterocycles. The third kappa shape index (κ3) is 4.63. The average Bonchev–Trinajstić information content (AvgIpc) is 2.64. The van der Waals surface area contributed by atoms with E-state index in [1.807, 2.05) is 7.05 Å². The van der Waals surface area contributed by atoms with Crippen molar-refractivity contribution in [2.75, 3.05) is 13.7 Å². The highest BCUT2D eigenvalue weighted by atomic mass is 16.5. The van der Waals surface area contributed by atoms with Gasteiger partial charge in [-0.1, -0.05) is 12.8 Å². The molecule has 0 aromatic heterocycles. The highest BCUT2D eigenvalue weighted by molar-refractivity contribution is 4.66. The molecule has 1 aliphatic rings. The van der Waals surface area contributed by atoms with Crippen molar-refractivity contribution in [2.24, 2.45) is 0 Å². The molecule has 0 spiro atoms. The quantitative estimate of drug-likeness (QED) is 0.641. The standard InChI is InChI=1S/C11H23NO/c1-10(12-2)6-5-9-13-11-7-3-4-8-11/h10-12H,3-9H2,1-2H3. The van der Waals surface area contributed by atoms with E-state index in [2.05, 4.69) is 12.2 Å². The number of hydrogen-bond donors (Lipinski definition) is 1. The van der Waals surface area contributed by atoms with E-state index >= 15 is 0 Å². The predicted molar refractivity (Wildman–Crippen MR) is 56.0 cm³/mol. The van der Waals surface area contributed by atoms with Gasteiger partial charge in [0.05, 0.1) is 6.10 Å². The molecule has 13 heavy (non-hydrogen) atoms. The summed E-state index contributed by atoms with van der Waals surface area (Å²) in [6.45, 7) is 3.17. The molecule has 1 unspecified atom stereocenters. The second-order valence-electron chi connectivity index (χ2n) is 4.11. The SMILES string of the molecule is CNC(C)CCCOC1CCCC1. The molecule has 2 heteroatoms. The fourth-order valence-corrected chi connectivity index (χ4v) is 1.84. The minimum atomic E-state index is 0.588. The number of nitrogens with one attached hydrogen (secondary N) is 1. The largest absolute Gasteiger partial charge is 0.378 e. The van der Waals surface area contributed by atoms with Crippen molar-refractivity contribution >= 4 is 0 Å². The summed E-state index contributed by atoms with van der Waals surface area (Å²) in [6, 6.07) is 0.632. The molecule has 0 saturated heterocycles. The molecule has 1 N–H and O–H groups in total. The molecule has 0 radical (unpaired) electrons. The van der Waals surface area contributed by atoms with Crippen LogP contribution in [-0.4, -0.2) is 25.8 Å². The first-order chi connectivity index (χ1) is 6.33. The van der Waals surface area contributed by atoms with Crippen LogP contribution in [0.1, 0.15) is 45.4 Å². The second-order valence-corrected chi connectivity index (χ2v) is 4.11. The second kappa shape index (κ2) is 6.39. The topological polar surface area (TPSA) is 21.3 Å². The molecule has 0 amide bonds. The Bertz CT molecular complexity index is 121. The first-order valence-corrected chi connectivity index (χ1v) is 5.62. The summed E-state index contributed by atoms with van der Waals surface area (Å²) in [5.41, 5.74) is 0. The van der Waals surface area contributed by atoms with Crippen LogP contribution < -0.4 is 5.32 Å². The van der Waals surface area contributed by atoms with E-state index in [1.54, 1.807) is 0 Å². The zero-order chi connectivity index (χ0) is 9.52. The van der Waals surface area contributed by atoms with E-state index in [1.165, 1.54) is 38.5 Å². The Hall–Kier alpha value is -0.0800. The summed E-state index contributed by atoms with van der Waals surface area (Å²) in [5.74, 6) is 0. The van der Waals surface area contributed by atoms with Gasteiger partial charge in [0.25, 0.3) is 0 Å². The van der Waals surface area contributed by atoms with Crippen LogP contribution in [0.3, 0.4) is 0 Å². The monoisotopic (exact) mass is 185 g/mol. The zero-order valence-electron chi connectivity index (χ0n) is 9.01. The van der Waals surface area contributed by atoms with Crippen molar-refractivity contribution in [1.29, 1.82) is 0 Å². The maximum absolute atomic E-state index is 5.77. The third-order valence-electron chi connectivity index (χ3n) is 2.93. The summed E-state index contributed by atoms with van der Waals surface area (Å²) < 4.78 is 5.77. The van der Waals surface area contributed by atoms with Crippen LogP contribution in [0.15, 0.2) is 0 Å². The first-order valence-electron chi connectivity index (χ1n) is 5.62. The van der Waals surface area contributed by atoms with Crippen molar-refractivity contribution in [2.45, 2.75) is 57.6 Å². The van der Waals surface area contributed by atoms with Crippen molar-refractivity contribution in [3.05, 3.63) is 0 Å². The van der Waals surface area contributed by atoms with Gasteiger partial charge in [0.15, 0.2) is 0 Å². The van der Waals surface area contributed by atoms with Crippen LogP contribution in [0, 0.1) is 0 Å². The smallest absolute Gasteiger partial charge is 0.0575 e. The van der Waals surface area contributed by atoms with Gasteiger partial charge in [0.1, 0.15) is 0 Å². The Labute approximate surface area is 82.0 Å². The van der Waals surface area contributed by atoms with Gasteiger partial charge in [-0.15, -0.1) is 0 Å². The maximum atomic E-state index is 5.77. The molecule has 1 atom stereocenters. The van der Waals surface area contributed by atoms with E-state index < -0.39 is 0 Å². The summed E-state index contributed by atoms with van der Waals surface area (Å²) in [6.07, 6.45) is 8.34. The Kier molecular flexibility index (Phi) is 5.40. The Balaban J connectivity index is 1.88. The highest BCUT2D eigenvalue weighted by Gasteiger charge is 2.14. The van der Waals surface area contributed by atoms with E-state index in [0.717, 1.165) is 6.61 Å². The van der Waals surface area contributed by atoms with Gasteiger partial charge in [-0.05, 0) is 39.7 Å². The molecule has 78 valence electrons. The van der Waals surface area contributed by atoms with Crippen LogP contribution in [0.4, 0.5) is 0 Å². The lowest BCUT2D eigenvalue weighted by Gasteiger charge is -2.13. The minimum absolute atomic E-state index is 0.588.